The van der Waals surface area contributed by atoms with Crippen molar-refractivity contribution in [3.63, 3.8) is 0 Å². The van der Waals surface area contributed by atoms with E-state index < -0.39 is 67.9 Å². The maximum absolute atomic E-state index is 14.3. The molecule has 0 saturated heterocycles. The lowest BCUT2D eigenvalue weighted by Crippen LogP contribution is -2.54. The number of methoxy groups -OCH3 is 1. The molecule has 3 N–H and O–H groups in total. The maximum atomic E-state index is 14.3. The second-order valence-corrected chi connectivity index (χ2v) is 13.3. The molecule has 0 bridgehead atoms. The van der Waals surface area contributed by atoms with Crippen molar-refractivity contribution in [1.82, 2.24) is 19.7 Å². The van der Waals surface area contributed by atoms with Crippen molar-refractivity contribution in [3.8, 4) is 11.8 Å². The number of anilines is 1. The SMILES string of the molecule is CCCOC(=O)[C@H](C)NP(=O)(OC[C@@](C#N)(OC)[C@@H](OC(=O)C(C)C)[C@@H](OC(=O)C(C)C)c1ccc2c(N)ncnn12)Oc1ccccc1. The van der Waals surface area contributed by atoms with Gasteiger partial charge in [-0.05, 0) is 37.6 Å². The largest absolute Gasteiger partial charge is 0.465 e. The lowest BCUT2D eigenvalue weighted by atomic mass is 9.92. The molecule has 0 fully saturated rings. The van der Waals surface area contributed by atoms with Crippen LogP contribution in [0.3, 0.4) is 0 Å². The smallest absolute Gasteiger partial charge is 0.459 e. The third kappa shape index (κ3) is 9.76. The maximum Gasteiger partial charge on any atom is 0.459 e. The number of ether oxygens (including phenoxy) is 4. The molecule has 3 rings (SSSR count). The third-order valence-electron chi connectivity index (χ3n) is 7.09. The van der Waals surface area contributed by atoms with E-state index in [2.05, 4.69) is 15.2 Å². The molecule has 0 spiro atoms. The number of benzene rings is 1. The Bertz CT molecular complexity index is 1680. The Balaban J connectivity index is 2.16. The van der Waals surface area contributed by atoms with Crippen molar-refractivity contribution in [2.24, 2.45) is 11.8 Å². The number of nitrogens with two attached hydrogens (primary N) is 1. The first-order valence-corrected chi connectivity index (χ1v) is 17.1. The Labute approximate surface area is 284 Å². The van der Waals surface area contributed by atoms with Crippen molar-refractivity contribution in [3.05, 3.63) is 54.5 Å². The first kappa shape index (κ1) is 38.9. The summed E-state index contributed by atoms with van der Waals surface area (Å²) in [4.78, 5) is 43.0. The van der Waals surface area contributed by atoms with Crippen LogP contribution in [0.4, 0.5) is 5.82 Å². The van der Waals surface area contributed by atoms with Gasteiger partial charge in [-0.3, -0.25) is 18.9 Å². The molecular formula is C32H43N6O10P. The Morgan fingerprint density at radius 2 is 1.67 bits per heavy atom. The summed E-state index contributed by atoms with van der Waals surface area (Å²) >= 11 is 0. The Morgan fingerprint density at radius 3 is 2.27 bits per heavy atom. The van der Waals surface area contributed by atoms with E-state index in [0.29, 0.717) is 11.9 Å². The van der Waals surface area contributed by atoms with Crippen molar-refractivity contribution in [2.75, 3.05) is 26.1 Å². The van der Waals surface area contributed by atoms with Gasteiger partial charge in [0.15, 0.2) is 18.0 Å². The number of fused-ring (bicyclic) bond motifs is 1. The topological polar surface area (TPSA) is 216 Å². The monoisotopic (exact) mass is 702 g/mol. The van der Waals surface area contributed by atoms with Crippen LogP contribution in [0.25, 0.3) is 5.52 Å². The van der Waals surface area contributed by atoms with Crippen LogP contribution < -0.4 is 15.3 Å². The van der Waals surface area contributed by atoms with Gasteiger partial charge in [0.05, 0.1) is 24.1 Å². The Hall–Kier alpha value is -4.55. The van der Waals surface area contributed by atoms with Gasteiger partial charge in [-0.2, -0.15) is 15.4 Å². The number of esters is 3. The molecule has 0 aliphatic carbocycles. The number of nitrogens with one attached hydrogen (secondary N) is 1. The zero-order valence-corrected chi connectivity index (χ0v) is 29.4. The van der Waals surface area contributed by atoms with Gasteiger partial charge >= 0.3 is 25.7 Å². The molecule has 5 atom stereocenters. The molecule has 0 radical (unpaired) electrons. The van der Waals surface area contributed by atoms with Gasteiger partial charge in [-0.15, -0.1) is 0 Å². The second-order valence-electron chi connectivity index (χ2n) is 11.6. The van der Waals surface area contributed by atoms with E-state index in [4.69, 9.17) is 33.7 Å². The van der Waals surface area contributed by atoms with Gasteiger partial charge in [-0.25, -0.2) is 14.1 Å². The molecule has 0 saturated carbocycles. The molecule has 0 aliphatic heterocycles. The minimum Gasteiger partial charge on any atom is -0.465 e. The lowest BCUT2D eigenvalue weighted by molar-refractivity contribution is -0.197. The quantitative estimate of drug-likeness (QED) is 0.108. The molecule has 2 aromatic heterocycles. The molecule has 1 unspecified atom stereocenters. The Morgan fingerprint density at radius 1 is 1.02 bits per heavy atom. The third-order valence-corrected chi connectivity index (χ3v) is 8.71. The van der Waals surface area contributed by atoms with E-state index in [-0.39, 0.29) is 23.9 Å². The highest BCUT2D eigenvalue weighted by molar-refractivity contribution is 7.52. The zero-order valence-electron chi connectivity index (χ0n) is 28.5. The highest BCUT2D eigenvalue weighted by atomic mass is 31.2. The summed E-state index contributed by atoms with van der Waals surface area (Å²) in [6.07, 6.45) is -1.58. The van der Waals surface area contributed by atoms with Gasteiger partial charge in [-0.1, -0.05) is 52.8 Å². The first-order chi connectivity index (χ1) is 23.2. The summed E-state index contributed by atoms with van der Waals surface area (Å²) in [5.74, 6) is -3.37. The van der Waals surface area contributed by atoms with Crippen molar-refractivity contribution in [2.45, 2.75) is 71.8 Å². The number of nitriles is 1. The van der Waals surface area contributed by atoms with E-state index in [0.717, 1.165) is 7.11 Å². The van der Waals surface area contributed by atoms with E-state index in [1.165, 1.54) is 36.0 Å². The number of rotatable bonds is 18. The summed E-state index contributed by atoms with van der Waals surface area (Å²) in [5.41, 5.74) is 4.21. The van der Waals surface area contributed by atoms with Crippen LogP contribution in [0, 0.1) is 23.2 Å². The number of para-hydroxylation sites is 1. The highest BCUT2D eigenvalue weighted by Gasteiger charge is 2.53. The molecule has 49 heavy (non-hydrogen) atoms. The summed E-state index contributed by atoms with van der Waals surface area (Å²) < 4.78 is 49.9. The fourth-order valence-electron chi connectivity index (χ4n) is 4.30. The van der Waals surface area contributed by atoms with Crippen molar-refractivity contribution < 1.29 is 46.9 Å². The van der Waals surface area contributed by atoms with E-state index in [1.54, 1.807) is 52.0 Å². The van der Waals surface area contributed by atoms with Gasteiger partial charge in [0.1, 0.15) is 36.3 Å². The fraction of sp³-hybridized carbons (Fsp3) is 0.500. The minimum absolute atomic E-state index is 0.101. The molecule has 17 heteroatoms. The molecule has 16 nitrogen and oxygen atoms in total. The predicted molar refractivity (Wildman–Crippen MR) is 176 cm³/mol. The predicted octanol–water partition coefficient (Wildman–Crippen LogP) is 4.16. The lowest BCUT2D eigenvalue weighted by Gasteiger charge is -2.38. The number of carbonyl (C=O) groups is 3. The van der Waals surface area contributed by atoms with Crippen LogP contribution in [-0.4, -0.2) is 70.6 Å². The van der Waals surface area contributed by atoms with Crippen LogP contribution in [-0.2, 0) is 42.4 Å². The molecule has 3 aromatic rings. The van der Waals surface area contributed by atoms with Crippen LogP contribution in [0.5, 0.6) is 5.75 Å². The van der Waals surface area contributed by atoms with Crippen LogP contribution in [0.15, 0.2) is 48.8 Å². The standard InChI is InChI=1S/C32H43N6O10P/c1-8-16-44-31(41)22(6)37-49(42,48-23-12-10-9-11-13-23)45-18-32(17-33,43-7)27(47-30(40)21(4)5)26(46-29(39)20(2)3)24-14-15-25-28(34)35-19-36-38(24)25/h9-15,19-22,26-27H,8,16,18H2,1-7H3,(H,37,42)(H2,34,35,36)/t22-,26-,27-,32+,49?/m0/s1. The Kier molecular flexibility index (Phi) is 13.7. The average Bonchev–Trinajstić information content (AvgIpc) is 3.51. The fourth-order valence-corrected chi connectivity index (χ4v) is 5.82. The summed E-state index contributed by atoms with van der Waals surface area (Å²) in [6, 6.07) is 11.8. The van der Waals surface area contributed by atoms with Crippen molar-refractivity contribution >= 4 is 37.0 Å². The second kappa shape index (κ2) is 17.2. The van der Waals surface area contributed by atoms with Crippen LogP contribution in [0.2, 0.25) is 0 Å². The molecule has 1 aromatic carbocycles. The van der Waals surface area contributed by atoms with E-state index in [1.807, 2.05) is 13.0 Å². The highest BCUT2D eigenvalue weighted by Crippen LogP contribution is 2.47. The number of nitrogens with zero attached hydrogens (tertiary/aromatic N) is 4. The number of hydrogen-bond donors (Lipinski definition) is 2. The number of nitrogen functional groups attached to an aromatic ring is 1. The van der Waals surface area contributed by atoms with Crippen molar-refractivity contribution in [1.29, 1.82) is 5.26 Å². The normalized spacial score (nSPS) is 15.8. The van der Waals surface area contributed by atoms with Crippen LogP contribution >= 0.6 is 7.75 Å². The zero-order chi connectivity index (χ0) is 36.4. The van der Waals surface area contributed by atoms with Gasteiger partial charge in [0.25, 0.3) is 0 Å². The molecule has 0 amide bonds. The number of hydrogen-bond acceptors (Lipinski definition) is 14. The number of aromatic nitrogens is 3. The molecular weight excluding hydrogens is 659 g/mol. The van der Waals surface area contributed by atoms with Gasteiger partial charge < -0.3 is 29.2 Å². The van der Waals surface area contributed by atoms with Gasteiger partial charge in [0.2, 0.25) is 5.60 Å². The summed E-state index contributed by atoms with van der Waals surface area (Å²) in [6.45, 7) is 8.78. The van der Waals surface area contributed by atoms with Crippen LogP contribution in [0.1, 0.15) is 59.8 Å². The van der Waals surface area contributed by atoms with E-state index in [9.17, 15) is 24.2 Å². The summed E-state index contributed by atoms with van der Waals surface area (Å²) in [7, 11) is -3.41. The summed E-state index contributed by atoms with van der Waals surface area (Å²) in [5, 5.41) is 17.5. The average molecular weight is 703 g/mol. The molecule has 2 heterocycles. The first-order valence-electron chi connectivity index (χ1n) is 15.6. The van der Waals surface area contributed by atoms with E-state index >= 15 is 0 Å². The van der Waals surface area contributed by atoms with Gasteiger partial charge in [0, 0.05) is 7.11 Å². The molecule has 0 aliphatic rings. The molecule has 266 valence electrons. The number of carbonyl (C=O) groups excluding carboxylic acids is 3. The minimum atomic E-state index is -4.55.